The predicted molar refractivity (Wildman–Crippen MR) is 95.8 cm³/mol. The van der Waals surface area contributed by atoms with Crippen molar-refractivity contribution in [2.75, 3.05) is 0 Å². The van der Waals surface area contributed by atoms with Crippen molar-refractivity contribution in [3.05, 3.63) is 89.5 Å². The molecule has 3 aromatic rings. The minimum absolute atomic E-state index is 0.0993. The van der Waals surface area contributed by atoms with Gasteiger partial charge in [-0.25, -0.2) is 0 Å². The van der Waals surface area contributed by atoms with Gasteiger partial charge in [-0.3, -0.25) is 4.79 Å². The van der Waals surface area contributed by atoms with Crippen LogP contribution in [-0.2, 0) is 11.3 Å². The van der Waals surface area contributed by atoms with Gasteiger partial charge in [0.2, 0.25) is 0 Å². The molecule has 0 bridgehead atoms. The lowest BCUT2D eigenvalue weighted by molar-refractivity contribution is -0.117. The second-order valence-corrected chi connectivity index (χ2v) is 5.41. The van der Waals surface area contributed by atoms with Gasteiger partial charge in [-0.2, -0.15) is 5.26 Å². The molecular formula is C21H16N2O. The molecule has 0 aliphatic rings. The molecule has 3 heteroatoms. The van der Waals surface area contributed by atoms with Crippen molar-refractivity contribution in [2.45, 2.75) is 6.54 Å². The van der Waals surface area contributed by atoms with E-state index in [0.717, 1.165) is 21.9 Å². The molecule has 0 aromatic heterocycles. The Morgan fingerprint density at radius 1 is 0.958 bits per heavy atom. The number of hydrogen-bond donors (Lipinski definition) is 1. The van der Waals surface area contributed by atoms with Crippen LogP contribution in [0.1, 0.15) is 11.1 Å². The van der Waals surface area contributed by atoms with E-state index >= 15 is 0 Å². The van der Waals surface area contributed by atoms with E-state index in [1.54, 1.807) is 6.08 Å². The van der Waals surface area contributed by atoms with Gasteiger partial charge >= 0.3 is 0 Å². The standard InChI is InChI=1S/C21H16N2O/c22-14-19(21(24)23-15-16-7-2-1-3-8-16)13-18-11-6-10-17-9-4-5-12-20(17)18/h1-13H,15H2,(H,23,24)/b19-13-. The second-order valence-electron chi connectivity index (χ2n) is 5.41. The summed E-state index contributed by atoms with van der Waals surface area (Å²) in [6.45, 7) is 0.397. The lowest BCUT2D eigenvalue weighted by Gasteiger charge is -2.06. The molecule has 3 rings (SSSR count). The molecule has 1 amide bonds. The van der Waals surface area contributed by atoms with Crippen molar-refractivity contribution < 1.29 is 4.79 Å². The number of amides is 1. The molecule has 0 saturated carbocycles. The molecule has 3 aromatic carbocycles. The van der Waals surface area contributed by atoms with Gasteiger partial charge in [0.15, 0.2) is 0 Å². The largest absolute Gasteiger partial charge is 0.347 e. The number of carbonyl (C=O) groups excluding carboxylic acids is 1. The highest BCUT2D eigenvalue weighted by Gasteiger charge is 2.09. The fourth-order valence-electron chi connectivity index (χ4n) is 2.55. The number of carbonyl (C=O) groups is 1. The van der Waals surface area contributed by atoms with Gasteiger partial charge < -0.3 is 5.32 Å². The molecular weight excluding hydrogens is 296 g/mol. The van der Waals surface area contributed by atoms with E-state index in [1.165, 1.54) is 0 Å². The molecule has 1 N–H and O–H groups in total. The third-order valence-corrected chi connectivity index (χ3v) is 3.78. The molecule has 0 fully saturated rings. The Bertz CT molecular complexity index is 931. The predicted octanol–water partition coefficient (Wildman–Crippen LogP) is 4.06. The highest BCUT2D eigenvalue weighted by Crippen LogP contribution is 2.20. The first kappa shape index (κ1) is 15.5. The Morgan fingerprint density at radius 3 is 2.46 bits per heavy atom. The Morgan fingerprint density at radius 2 is 1.67 bits per heavy atom. The summed E-state index contributed by atoms with van der Waals surface area (Å²) in [6, 6.07) is 25.4. The van der Waals surface area contributed by atoms with Crippen LogP contribution in [0, 0.1) is 11.3 Å². The van der Waals surface area contributed by atoms with Gasteiger partial charge in [-0.1, -0.05) is 72.8 Å². The van der Waals surface area contributed by atoms with Crippen LogP contribution in [0.4, 0.5) is 0 Å². The van der Waals surface area contributed by atoms with Crippen LogP contribution in [0.5, 0.6) is 0 Å². The molecule has 116 valence electrons. The summed E-state index contributed by atoms with van der Waals surface area (Å²) in [5.74, 6) is -0.366. The molecule has 0 radical (unpaired) electrons. The normalized spacial score (nSPS) is 11.0. The molecule has 0 spiro atoms. The van der Waals surface area contributed by atoms with Crippen LogP contribution >= 0.6 is 0 Å². The molecule has 0 atom stereocenters. The lowest BCUT2D eigenvalue weighted by atomic mass is 10.0. The number of rotatable bonds is 4. The number of nitrogens with one attached hydrogen (secondary N) is 1. The van der Waals surface area contributed by atoms with Crippen molar-refractivity contribution >= 4 is 22.8 Å². The van der Waals surface area contributed by atoms with Crippen molar-refractivity contribution in [1.29, 1.82) is 5.26 Å². The van der Waals surface area contributed by atoms with E-state index in [-0.39, 0.29) is 11.5 Å². The zero-order valence-corrected chi connectivity index (χ0v) is 13.1. The zero-order chi connectivity index (χ0) is 16.8. The van der Waals surface area contributed by atoms with Crippen molar-refractivity contribution in [3.63, 3.8) is 0 Å². The monoisotopic (exact) mass is 312 g/mol. The summed E-state index contributed by atoms with van der Waals surface area (Å²) in [6.07, 6.45) is 1.64. The Balaban J connectivity index is 1.83. The van der Waals surface area contributed by atoms with Gasteiger partial charge in [-0.15, -0.1) is 0 Å². The number of nitrogens with zero attached hydrogens (tertiary/aromatic N) is 1. The minimum Gasteiger partial charge on any atom is -0.347 e. The van der Waals surface area contributed by atoms with Crippen molar-refractivity contribution in [1.82, 2.24) is 5.32 Å². The average molecular weight is 312 g/mol. The smallest absolute Gasteiger partial charge is 0.262 e. The maximum atomic E-state index is 12.3. The first-order valence-electron chi connectivity index (χ1n) is 7.69. The first-order valence-corrected chi connectivity index (χ1v) is 7.69. The van der Waals surface area contributed by atoms with Gasteiger partial charge in [0.05, 0.1) is 0 Å². The third-order valence-electron chi connectivity index (χ3n) is 3.78. The number of fused-ring (bicyclic) bond motifs is 1. The number of hydrogen-bond acceptors (Lipinski definition) is 2. The van der Waals surface area contributed by atoms with Crippen molar-refractivity contribution in [3.8, 4) is 6.07 Å². The Hall–Kier alpha value is -3.38. The number of nitriles is 1. The summed E-state index contributed by atoms with van der Waals surface area (Å²) in [5, 5.41) is 14.2. The van der Waals surface area contributed by atoms with Crippen LogP contribution in [0.2, 0.25) is 0 Å². The molecule has 0 aliphatic carbocycles. The summed E-state index contributed by atoms with van der Waals surface area (Å²) < 4.78 is 0. The third kappa shape index (κ3) is 3.50. The molecule has 0 aliphatic heterocycles. The SMILES string of the molecule is N#C/C(=C/c1cccc2ccccc12)C(=O)NCc1ccccc1. The molecule has 0 heterocycles. The highest BCUT2D eigenvalue weighted by atomic mass is 16.1. The van der Waals surface area contributed by atoms with E-state index in [4.69, 9.17) is 0 Å². The van der Waals surface area contributed by atoms with Crippen molar-refractivity contribution in [2.24, 2.45) is 0 Å². The summed E-state index contributed by atoms with van der Waals surface area (Å²) in [5.41, 5.74) is 1.95. The average Bonchev–Trinajstić information content (AvgIpc) is 2.65. The fourth-order valence-corrected chi connectivity index (χ4v) is 2.55. The summed E-state index contributed by atoms with van der Waals surface area (Å²) >= 11 is 0. The fraction of sp³-hybridized carbons (Fsp3) is 0.0476. The second kappa shape index (κ2) is 7.26. The van der Waals surface area contributed by atoms with Crippen LogP contribution < -0.4 is 5.32 Å². The lowest BCUT2D eigenvalue weighted by Crippen LogP contribution is -2.23. The minimum atomic E-state index is -0.366. The van der Waals surface area contributed by atoms with E-state index in [0.29, 0.717) is 6.54 Å². The van der Waals surface area contributed by atoms with Crippen LogP contribution in [0.3, 0.4) is 0 Å². The van der Waals surface area contributed by atoms with Gasteiger partial charge in [0.25, 0.3) is 5.91 Å². The highest BCUT2D eigenvalue weighted by molar-refractivity contribution is 6.04. The van der Waals surface area contributed by atoms with Crippen LogP contribution in [-0.4, -0.2) is 5.91 Å². The molecule has 24 heavy (non-hydrogen) atoms. The van der Waals surface area contributed by atoms with E-state index in [9.17, 15) is 10.1 Å². The summed E-state index contributed by atoms with van der Waals surface area (Å²) in [4.78, 5) is 12.3. The maximum Gasteiger partial charge on any atom is 0.262 e. The Kier molecular flexibility index (Phi) is 4.69. The van der Waals surface area contributed by atoms with Gasteiger partial charge in [0.1, 0.15) is 11.6 Å². The van der Waals surface area contributed by atoms with Crippen LogP contribution in [0.25, 0.3) is 16.8 Å². The summed E-state index contributed by atoms with van der Waals surface area (Å²) in [7, 11) is 0. The Labute approximate surface area is 140 Å². The van der Waals surface area contributed by atoms with E-state index in [2.05, 4.69) is 5.32 Å². The quantitative estimate of drug-likeness (QED) is 0.583. The topological polar surface area (TPSA) is 52.9 Å². The molecule has 3 nitrogen and oxygen atoms in total. The van der Waals surface area contributed by atoms with E-state index < -0.39 is 0 Å². The van der Waals surface area contributed by atoms with Gasteiger partial charge in [0, 0.05) is 6.54 Å². The first-order chi connectivity index (χ1) is 11.8. The maximum absolute atomic E-state index is 12.3. The van der Waals surface area contributed by atoms with Crippen LogP contribution in [0.15, 0.2) is 78.4 Å². The number of benzene rings is 3. The molecule has 0 unspecified atom stereocenters. The van der Waals surface area contributed by atoms with E-state index in [1.807, 2.05) is 78.9 Å². The zero-order valence-electron chi connectivity index (χ0n) is 13.1. The van der Waals surface area contributed by atoms with Gasteiger partial charge in [-0.05, 0) is 28.0 Å². The molecule has 0 saturated heterocycles.